The number of hydrogen-bond donors (Lipinski definition) is 1. The molecular formula is C12H21N3O2S. The van der Waals surface area contributed by atoms with Crippen molar-refractivity contribution in [2.45, 2.75) is 6.42 Å². The van der Waals surface area contributed by atoms with Crippen molar-refractivity contribution in [2.75, 3.05) is 39.6 Å². The van der Waals surface area contributed by atoms with Crippen LogP contribution in [0.15, 0.2) is 24.3 Å². The van der Waals surface area contributed by atoms with E-state index in [1.54, 1.807) is 0 Å². The zero-order valence-electron chi connectivity index (χ0n) is 11.3. The van der Waals surface area contributed by atoms with Crippen LogP contribution in [0.4, 0.5) is 5.69 Å². The second-order valence-electron chi connectivity index (χ2n) is 4.49. The fraction of sp³-hybridized carbons (Fsp3) is 0.500. The summed E-state index contributed by atoms with van der Waals surface area (Å²) in [5, 5.41) is 0. The van der Waals surface area contributed by atoms with E-state index in [1.807, 2.05) is 43.3 Å². The predicted octanol–water partition coefficient (Wildman–Crippen LogP) is 0.691. The van der Waals surface area contributed by atoms with Gasteiger partial charge in [0.15, 0.2) is 0 Å². The molecule has 1 aromatic carbocycles. The third-order valence-corrected chi connectivity index (χ3v) is 4.16. The van der Waals surface area contributed by atoms with Gasteiger partial charge in [-0.15, -0.1) is 0 Å². The van der Waals surface area contributed by atoms with Crippen molar-refractivity contribution in [3.8, 4) is 0 Å². The molecule has 0 unspecified atom stereocenters. The van der Waals surface area contributed by atoms with Gasteiger partial charge in [-0.3, -0.25) is 0 Å². The second-order valence-corrected chi connectivity index (χ2v) is 6.46. The van der Waals surface area contributed by atoms with E-state index in [-0.39, 0.29) is 0 Å². The maximum Gasteiger partial charge on any atom is 0.278 e. The molecule has 0 aliphatic rings. The summed E-state index contributed by atoms with van der Waals surface area (Å²) in [7, 11) is 3.67. The molecule has 5 nitrogen and oxygen atoms in total. The average Bonchev–Trinajstić information content (AvgIpc) is 2.29. The topological polar surface area (TPSA) is 52.7 Å². The van der Waals surface area contributed by atoms with Crippen LogP contribution in [0, 0.1) is 0 Å². The average molecular weight is 271 g/mol. The lowest BCUT2D eigenvalue weighted by atomic mass is 10.1. The van der Waals surface area contributed by atoms with Gasteiger partial charge in [0, 0.05) is 40.4 Å². The molecule has 0 aliphatic heterocycles. The highest BCUT2D eigenvalue weighted by Crippen LogP contribution is 2.12. The summed E-state index contributed by atoms with van der Waals surface area (Å²) >= 11 is 0. The number of nitrogens with one attached hydrogen (secondary N) is 1. The first-order valence-electron chi connectivity index (χ1n) is 5.76. The third-order valence-electron chi connectivity index (χ3n) is 2.63. The maximum absolute atomic E-state index is 11.5. The molecule has 0 radical (unpaired) electrons. The van der Waals surface area contributed by atoms with Gasteiger partial charge in [-0.2, -0.15) is 12.7 Å². The Bertz CT molecular complexity index is 467. The first-order chi connectivity index (χ1) is 8.33. The SMILES string of the molecule is CN(C)c1ccc(CCNS(=O)(=O)N(C)C)cc1. The fourth-order valence-corrected chi connectivity index (χ4v) is 2.03. The molecule has 1 aromatic rings. The van der Waals surface area contributed by atoms with Crippen molar-refractivity contribution in [3.63, 3.8) is 0 Å². The van der Waals surface area contributed by atoms with E-state index in [4.69, 9.17) is 0 Å². The van der Waals surface area contributed by atoms with Crippen LogP contribution in [0.5, 0.6) is 0 Å². The van der Waals surface area contributed by atoms with Crippen molar-refractivity contribution in [3.05, 3.63) is 29.8 Å². The lowest BCUT2D eigenvalue weighted by Crippen LogP contribution is -2.36. The van der Waals surface area contributed by atoms with Crippen LogP contribution in [-0.4, -0.2) is 47.5 Å². The van der Waals surface area contributed by atoms with Gasteiger partial charge in [0.2, 0.25) is 0 Å². The van der Waals surface area contributed by atoms with Crippen molar-refractivity contribution >= 4 is 15.9 Å². The van der Waals surface area contributed by atoms with Gasteiger partial charge in [-0.05, 0) is 24.1 Å². The summed E-state index contributed by atoms with van der Waals surface area (Å²) in [6, 6.07) is 8.07. The normalized spacial score (nSPS) is 11.8. The molecule has 0 amide bonds. The van der Waals surface area contributed by atoms with Crippen LogP contribution >= 0.6 is 0 Å². The van der Waals surface area contributed by atoms with Crippen molar-refractivity contribution in [1.82, 2.24) is 9.03 Å². The van der Waals surface area contributed by atoms with Crippen LogP contribution < -0.4 is 9.62 Å². The van der Waals surface area contributed by atoms with Crippen LogP contribution in [0.3, 0.4) is 0 Å². The molecule has 1 N–H and O–H groups in total. The minimum absolute atomic E-state index is 0.405. The van der Waals surface area contributed by atoms with E-state index in [0.29, 0.717) is 13.0 Å². The van der Waals surface area contributed by atoms with E-state index in [1.165, 1.54) is 18.4 Å². The monoisotopic (exact) mass is 271 g/mol. The molecule has 0 fully saturated rings. The smallest absolute Gasteiger partial charge is 0.278 e. The highest BCUT2D eigenvalue weighted by molar-refractivity contribution is 7.87. The Kier molecular flexibility index (Phi) is 5.13. The zero-order chi connectivity index (χ0) is 13.8. The molecule has 0 saturated carbocycles. The fourth-order valence-electron chi connectivity index (χ4n) is 1.41. The lowest BCUT2D eigenvalue weighted by molar-refractivity contribution is 0.506. The molecular weight excluding hydrogens is 250 g/mol. The second kappa shape index (κ2) is 6.17. The molecule has 0 heterocycles. The predicted molar refractivity (Wildman–Crippen MR) is 75.1 cm³/mol. The van der Waals surface area contributed by atoms with Gasteiger partial charge in [0.1, 0.15) is 0 Å². The zero-order valence-corrected chi connectivity index (χ0v) is 12.2. The van der Waals surface area contributed by atoms with Gasteiger partial charge in [0.25, 0.3) is 10.2 Å². The lowest BCUT2D eigenvalue weighted by Gasteiger charge is -2.14. The number of nitrogens with zero attached hydrogens (tertiary/aromatic N) is 2. The number of anilines is 1. The standard InChI is InChI=1S/C12H21N3O2S/c1-14(2)12-7-5-11(6-8-12)9-10-13-18(16,17)15(3)4/h5-8,13H,9-10H2,1-4H3. The molecule has 0 atom stereocenters. The third kappa shape index (κ3) is 4.29. The molecule has 0 spiro atoms. The Morgan fingerprint density at radius 3 is 2.06 bits per heavy atom. The van der Waals surface area contributed by atoms with Crippen molar-refractivity contribution in [1.29, 1.82) is 0 Å². The molecule has 0 bridgehead atoms. The van der Waals surface area contributed by atoms with E-state index in [9.17, 15) is 8.42 Å². The number of rotatable bonds is 6. The summed E-state index contributed by atoms with van der Waals surface area (Å²) in [6.07, 6.45) is 0.681. The van der Waals surface area contributed by atoms with Crippen molar-refractivity contribution < 1.29 is 8.42 Å². The largest absolute Gasteiger partial charge is 0.378 e. The minimum atomic E-state index is -3.31. The van der Waals surface area contributed by atoms with Crippen molar-refractivity contribution in [2.24, 2.45) is 0 Å². The van der Waals surface area contributed by atoms with E-state index >= 15 is 0 Å². The molecule has 18 heavy (non-hydrogen) atoms. The molecule has 102 valence electrons. The summed E-state index contributed by atoms with van der Waals surface area (Å²) in [5.41, 5.74) is 2.25. The van der Waals surface area contributed by atoms with Gasteiger partial charge >= 0.3 is 0 Å². The summed E-state index contributed by atoms with van der Waals surface area (Å²) < 4.78 is 26.6. The summed E-state index contributed by atoms with van der Waals surface area (Å²) in [5.74, 6) is 0. The Morgan fingerprint density at radius 1 is 1.06 bits per heavy atom. The van der Waals surface area contributed by atoms with Crippen LogP contribution in [-0.2, 0) is 16.6 Å². The Morgan fingerprint density at radius 2 is 1.61 bits per heavy atom. The highest BCUT2D eigenvalue weighted by Gasteiger charge is 2.11. The summed E-state index contributed by atoms with van der Waals surface area (Å²) in [6.45, 7) is 0.405. The Balaban J connectivity index is 2.50. The number of hydrogen-bond acceptors (Lipinski definition) is 3. The van der Waals surface area contributed by atoms with E-state index < -0.39 is 10.2 Å². The minimum Gasteiger partial charge on any atom is -0.378 e. The molecule has 0 aromatic heterocycles. The highest BCUT2D eigenvalue weighted by atomic mass is 32.2. The Hall–Kier alpha value is -1.11. The quantitative estimate of drug-likeness (QED) is 0.828. The Labute approximate surface area is 110 Å². The van der Waals surface area contributed by atoms with Crippen LogP contribution in [0.2, 0.25) is 0 Å². The van der Waals surface area contributed by atoms with Gasteiger partial charge in [0.05, 0.1) is 0 Å². The summed E-state index contributed by atoms with van der Waals surface area (Å²) in [4.78, 5) is 2.03. The van der Waals surface area contributed by atoms with Crippen LogP contribution in [0.25, 0.3) is 0 Å². The molecule has 0 saturated heterocycles. The number of benzene rings is 1. The van der Waals surface area contributed by atoms with Gasteiger partial charge in [-0.1, -0.05) is 12.1 Å². The molecule has 1 rings (SSSR count). The van der Waals surface area contributed by atoms with E-state index in [2.05, 4.69) is 4.72 Å². The molecule has 6 heteroatoms. The van der Waals surface area contributed by atoms with Gasteiger partial charge in [-0.25, -0.2) is 4.72 Å². The first kappa shape index (κ1) is 14.9. The van der Waals surface area contributed by atoms with Crippen LogP contribution in [0.1, 0.15) is 5.56 Å². The van der Waals surface area contributed by atoms with E-state index in [0.717, 1.165) is 11.3 Å². The maximum atomic E-state index is 11.5. The van der Waals surface area contributed by atoms with Gasteiger partial charge < -0.3 is 4.90 Å². The first-order valence-corrected chi connectivity index (χ1v) is 7.20. The molecule has 0 aliphatic carbocycles.